The molecule has 2 rings (SSSR count). The van der Waals surface area contributed by atoms with E-state index >= 15 is 0 Å². The molecule has 0 amide bonds. The normalized spacial score (nSPS) is 10.2. The van der Waals surface area contributed by atoms with Crippen LogP contribution in [0.4, 0.5) is 11.4 Å². The number of rotatable bonds is 4. The molecule has 0 aliphatic heterocycles. The molecule has 0 bridgehead atoms. The number of anilines is 1. The topological polar surface area (TPSA) is 81.4 Å². The fourth-order valence-corrected chi connectivity index (χ4v) is 1.70. The van der Waals surface area contributed by atoms with Crippen LogP contribution in [-0.2, 0) is 0 Å². The minimum atomic E-state index is -0.673. The summed E-state index contributed by atoms with van der Waals surface area (Å²) in [7, 11) is 3.76. The first kappa shape index (κ1) is 14.0. The SMILES string of the molecule is CN(C)c1cccc(Oc2ncnc(Cl)c2[N+](=O)[O-])c1. The highest BCUT2D eigenvalue weighted by Crippen LogP contribution is 2.34. The molecular weight excluding hydrogens is 284 g/mol. The fraction of sp³-hybridized carbons (Fsp3) is 0.167. The second-order valence-electron chi connectivity index (χ2n) is 4.07. The Labute approximate surface area is 119 Å². The van der Waals surface area contributed by atoms with E-state index in [0.717, 1.165) is 12.0 Å². The van der Waals surface area contributed by atoms with Crippen LogP contribution in [0.25, 0.3) is 0 Å². The molecule has 0 saturated carbocycles. The van der Waals surface area contributed by atoms with Crippen molar-refractivity contribution < 1.29 is 9.66 Å². The predicted molar refractivity (Wildman–Crippen MR) is 74.5 cm³/mol. The average molecular weight is 295 g/mol. The van der Waals surface area contributed by atoms with E-state index in [0.29, 0.717) is 5.75 Å². The molecule has 0 unspecified atom stereocenters. The Morgan fingerprint density at radius 2 is 2.10 bits per heavy atom. The molecule has 0 radical (unpaired) electrons. The van der Waals surface area contributed by atoms with Gasteiger partial charge < -0.3 is 9.64 Å². The maximum atomic E-state index is 11.0. The molecule has 0 atom stereocenters. The lowest BCUT2D eigenvalue weighted by atomic mass is 10.3. The lowest BCUT2D eigenvalue weighted by Crippen LogP contribution is -2.08. The highest BCUT2D eigenvalue weighted by atomic mass is 35.5. The number of ether oxygens (including phenoxy) is 1. The van der Waals surface area contributed by atoms with Gasteiger partial charge in [0.15, 0.2) is 0 Å². The van der Waals surface area contributed by atoms with Gasteiger partial charge in [0.05, 0.1) is 4.92 Å². The largest absolute Gasteiger partial charge is 0.433 e. The van der Waals surface area contributed by atoms with Gasteiger partial charge in [-0.25, -0.2) is 4.98 Å². The van der Waals surface area contributed by atoms with Gasteiger partial charge in [0.1, 0.15) is 12.1 Å². The van der Waals surface area contributed by atoms with Crippen molar-refractivity contribution in [2.45, 2.75) is 0 Å². The molecular formula is C12H11ClN4O3. The average Bonchev–Trinajstić information content (AvgIpc) is 2.38. The lowest BCUT2D eigenvalue weighted by Gasteiger charge is -2.13. The molecule has 1 heterocycles. The number of nitrogens with zero attached hydrogens (tertiary/aromatic N) is 4. The molecule has 104 valence electrons. The number of halogens is 1. The van der Waals surface area contributed by atoms with Crippen LogP contribution in [0.15, 0.2) is 30.6 Å². The number of nitro groups is 1. The molecule has 0 saturated heterocycles. The van der Waals surface area contributed by atoms with Crippen molar-refractivity contribution in [1.29, 1.82) is 0 Å². The van der Waals surface area contributed by atoms with E-state index in [1.54, 1.807) is 18.2 Å². The zero-order valence-corrected chi connectivity index (χ0v) is 11.5. The van der Waals surface area contributed by atoms with E-state index in [9.17, 15) is 10.1 Å². The summed E-state index contributed by atoms with van der Waals surface area (Å²) in [6.45, 7) is 0. The Balaban J connectivity index is 2.38. The van der Waals surface area contributed by atoms with Crippen LogP contribution in [-0.4, -0.2) is 29.0 Å². The van der Waals surface area contributed by atoms with Crippen molar-refractivity contribution in [1.82, 2.24) is 9.97 Å². The Kier molecular flexibility index (Phi) is 3.99. The monoisotopic (exact) mass is 294 g/mol. The number of hydrogen-bond donors (Lipinski definition) is 0. The first-order chi connectivity index (χ1) is 9.49. The lowest BCUT2D eigenvalue weighted by molar-refractivity contribution is -0.386. The summed E-state index contributed by atoms with van der Waals surface area (Å²) < 4.78 is 5.44. The van der Waals surface area contributed by atoms with Gasteiger partial charge in [-0.1, -0.05) is 17.7 Å². The van der Waals surface area contributed by atoms with E-state index in [1.807, 2.05) is 25.1 Å². The van der Waals surface area contributed by atoms with Gasteiger partial charge in [-0.2, -0.15) is 4.98 Å². The highest BCUT2D eigenvalue weighted by molar-refractivity contribution is 6.31. The Morgan fingerprint density at radius 1 is 1.35 bits per heavy atom. The van der Waals surface area contributed by atoms with Gasteiger partial charge in [0, 0.05) is 25.8 Å². The second-order valence-corrected chi connectivity index (χ2v) is 4.43. The van der Waals surface area contributed by atoms with E-state index < -0.39 is 10.6 Å². The van der Waals surface area contributed by atoms with E-state index in [-0.39, 0.29) is 11.0 Å². The Hall–Kier alpha value is -2.41. The van der Waals surface area contributed by atoms with Crippen LogP contribution >= 0.6 is 11.6 Å². The van der Waals surface area contributed by atoms with Crippen LogP contribution < -0.4 is 9.64 Å². The summed E-state index contributed by atoms with van der Waals surface area (Å²) in [5, 5.41) is 10.7. The van der Waals surface area contributed by atoms with Crippen molar-refractivity contribution >= 4 is 23.0 Å². The summed E-state index contributed by atoms with van der Waals surface area (Å²) in [4.78, 5) is 19.5. The van der Waals surface area contributed by atoms with E-state index in [2.05, 4.69) is 9.97 Å². The molecule has 1 aromatic heterocycles. The first-order valence-corrected chi connectivity index (χ1v) is 5.97. The molecule has 20 heavy (non-hydrogen) atoms. The summed E-state index contributed by atoms with van der Waals surface area (Å²) in [6.07, 6.45) is 1.11. The van der Waals surface area contributed by atoms with Crippen LogP contribution in [0.1, 0.15) is 0 Å². The van der Waals surface area contributed by atoms with Gasteiger partial charge in [-0.05, 0) is 12.1 Å². The second kappa shape index (κ2) is 5.70. The quantitative estimate of drug-likeness (QED) is 0.490. The van der Waals surface area contributed by atoms with Crippen molar-refractivity contribution in [3.05, 3.63) is 45.9 Å². The van der Waals surface area contributed by atoms with Gasteiger partial charge >= 0.3 is 11.6 Å². The summed E-state index contributed by atoms with van der Waals surface area (Å²) in [5.41, 5.74) is 0.440. The van der Waals surface area contributed by atoms with Crippen LogP contribution in [0.5, 0.6) is 11.6 Å². The molecule has 1 aromatic carbocycles. The van der Waals surface area contributed by atoms with Gasteiger partial charge in [-0.3, -0.25) is 10.1 Å². The molecule has 7 nitrogen and oxygen atoms in total. The molecule has 2 aromatic rings. The Morgan fingerprint density at radius 3 is 2.75 bits per heavy atom. The minimum absolute atomic E-state index is 0.189. The summed E-state index contributed by atoms with van der Waals surface area (Å²) >= 11 is 5.69. The Bertz CT molecular complexity index is 648. The third-order valence-electron chi connectivity index (χ3n) is 2.48. The van der Waals surface area contributed by atoms with E-state index in [4.69, 9.17) is 16.3 Å². The van der Waals surface area contributed by atoms with Crippen molar-refractivity contribution in [2.24, 2.45) is 0 Å². The number of benzene rings is 1. The van der Waals surface area contributed by atoms with Gasteiger partial charge in [0.25, 0.3) is 0 Å². The maximum Gasteiger partial charge on any atom is 0.368 e. The summed E-state index contributed by atoms with van der Waals surface area (Å²) in [5.74, 6) is 0.236. The highest BCUT2D eigenvalue weighted by Gasteiger charge is 2.23. The van der Waals surface area contributed by atoms with Crippen molar-refractivity contribution in [3.63, 3.8) is 0 Å². The minimum Gasteiger partial charge on any atom is -0.433 e. The smallest absolute Gasteiger partial charge is 0.368 e. The summed E-state index contributed by atoms with van der Waals surface area (Å²) in [6, 6.07) is 7.07. The maximum absolute atomic E-state index is 11.0. The number of hydrogen-bond acceptors (Lipinski definition) is 6. The fourth-order valence-electron chi connectivity index (χ4n) is 1.51. The van der Waals surface area contributed by atoms with Crippen molar-refractivity contribution in [3.8, 4) is 11.6 Å². The molecule has 0 N–H and O–H groups in total. The van der Waals surface area contributed by atoms with Crippen molar-refractivity contribution in [2.75, 3.05) is 19.0 Å². The molecule has 0 aliphatic carbocycles. The predicted octanol–water partition coefficient (Wildman–Crippen LogP) is 2.90. The van der Waals surface area contributed by atoms with Crippen LogP contribution in [0.2, 0.25) is 5.15 Å². The first-order valence-electron chi connectivity index (χ1n) is 5.59. The van der Waals surface area contributed by atoms with E-state index in [1.165, 1.54) is 0 Å². The third kappa shape index (κ3) is 2.94. The van der Waals surface area contributed by atoms with Crippen LogP contribution in [0.3, 0.4) is 0 Å². The van der Waals surface area contributed by atoms with Gasteiger partial charge in [-0.15, -0.1) is 0 Å². The molecule has 0 fully saturated rings. The zero-order valence-electron chi connectivity index (χ0n) is 10.8. The molecule has 8 heteroatoms. The zero-order chi connectivity index (χ0) is 14.7. The number of aromatic nitrogens is 2. The van der Waals surface area contributed by atoms with Gasteiger partial charge in [0.2, 0.25) is 5.15 Å². The molecule has 0 spiro atoms. The standard InChI is InChI=1S/C12H11ClN4O3/c1-16(2)8-4-3-5-9(6-8)20-12-10(17(18)19)11(13)14-7-15-12/h3-7H,1-2H3. The third-order valence-corrected chi connectivity index (χ3v) is 2.75. The van der Waals surface area contributed by atoms with Crippen LogP contribution in [0, 0.1) is 10.1 Å². The molecule has 0 aliphatic rings.